The average molecular weight is 267 g/mol. The Hall–Kier alpha value is -0.610. The Kier molecular flexibility index (Phi) is 4.51. The molecule has 0 heterocycles. The largest absolute Gasteiger partial charge is 0.368 e. The highest BCUT2D eigenvalue weighted by atomic mass is 16.1. The van der Waals surface area contributed by atoms with E-state index in [2.05, 4.69) is 31.0 Å². The summed E-state index contributed by atoms with van der Waals surface area (Å²) in [6.45, 7) is 9.26. The fourth-order valence-corrected chi connectivity index (χ4v) is 3.06. The Morgan fingerprint density at radius 2 is 2.00 bits per heavy atom. The number of carbonyl (C=O) groups excluding carboxylic acids is 1. The average Bonchev–Trinajstić information content (AvgIpc) is 3.18. The van der Waals surface area contributed by atoms with Crippen LogP contribution in [-0.4, -0.2) is 42.0 Å². The standard InChI is InChI=1S/C15H29N3O/c1-4-18(9-12-5-6-12)10-15(14(16)19,13-7-8-13)17-11(2)3/h11-13,17H,4-10H2,1-3H3,(H2,16,19). The number of carbonyl (C=O) groups is 1. The Labute approximate surface area is 117 Å². The molecule has 2 fully saturated rings. The third-order valence-electron chi connectivity index (χ3n) is 4.39. The summed E-state index contributed by atoms with van der Waals surface area (Å²) in [6, 6.07) is 0.285. The smallest absolute Gasteiger partial charge is 0.239 e. The zero-order chi connectivity index (χ0) is 14.0. The number of rotatable bonds is 9. The van der Waals surface area contributed by atoms with Gasteiger partial charge in [-0.05, 0) is 57.9 Å². The van der Waals surface area contributed by atoms with Crippen LogP contribution >= 0.6 is 0 Å². The minimum atomic E-state index is -0.515. The van der Waals surface area contributed by atoms with Crippen molar-refractivity contribution in [3.05, 3.63) is 0 Å². The summed E-state index contributed by atoms with van der Waals surface area (Å²) < 4.78 is 0. The third-order valence-corrected chi connectivity index (χ3v) is 4.39. The molecule has 0 spiro atoms. The number of nitrogens with one attached hydrogen (secondary N) is 1. The van der Waals surface area contributed by atoms with Gasteiger partial charge in [0.05, 0.1) is 0 Å². The number of hydrogen-bond acceptors (Lipinski definition) is 3. The summed E-state index contributed by atoms with van der Waals surface area (Å²) in [7, 11) is 0. The van der Waals surface area contributed by atoms with Crippen LogP contribution in [0.25, 0.3) is 0 Å². The van der Waals surface area contributed by atoms with Crippen molar-refractivity contribution in [1.29, 1.82) is 0 Å². The van der Waals surface area contributed by atoms with E-state index in [1.165, 1.54) is 12.8 Å². The lowest BCUT2D eigenvalue weighted by Gasteiger charge is -2.38. The van der Waals surface area contributed by atoms with Gasteiger partial charge in [-0.15, -0.1) is 0 Å². The van der Waals surface area contributed by atoms with Gasteiger partial charge in [-0.25, -0.2) is 0 Å². The number of nitrogens with two attached hydrogens (primary N) is 1. The van der Waals surface area contributed by atoms with Gasteiger partial charge in [0, 0.05) is 19.1 Å². The van der Waals surface area contributed by atoms with Crippen LogP contribution in [0.3, 0.4) is 0 Å². The number of hydrogen-bond donors (Lipinski definition) is 2. The van der Waals surface area contributed by atoms with Gasteiger partial charge >= 0.3 is 0 Å². The van der Waals surface area contributed by atoms with E-state index in [4.69, 9.17) is 5.73 Å². The molecule has 0 aromatic heterocycles. The normalized spacial score (nSPS) is 22.8. The molecule has 0 aromatic carbocycles. The SMILES string of the molecule is CCN(CC1CC1)CC(NC(C)C)(C(N)=O)C1CC1. The number of primary amides is 1. The van der Waals surface area contributed by atoms with Crippen LogP contribution in [0.5, 0.6) is 0 Å². The van der Waals surface area contributed by atoms with Gasteiger partial charge in [-0.1, -0.05) is 6.92 Å². The Balaban J connectivity index is 2.07. The first-order valence-electron chi connectivity index (χ1n) is 7.78. The first kappa shape index (κ1) is 14.8. The van der Waals surface area contributed by atoms with Crippen molar-refractivity contribution in [3.8, 4) is 0 Å². The maximum atomic E-state index is 12.1. The van der Waals surface area contributed by atoms with Crippen molar-refractivity contribution in [2.75, 3.05) is 19.6 Å². The molecule has 3 N–H and O–H groups in total. The van der Waals surface area contributed by atoms with Crippen molar-refractivity contribution in [2.45, 2.75) is 58.0 Å². The van der Waals surface area contributed by atoms with Crippen LogP contribution in [-0.2, 0) is 4.79 Å². The number of nitrogens with zero attached hydrogens (tertiary/aromatic N) is 1. The van der Waals surface area contributed by atoms with Crippen LogP contribution in [0.1, 0.15) is 46.5 Å². The van der Waals surface area contributed by atoms with Crippen LogP contribution in [0, 0.1) is 11.8 Å². The highest BCUT2D eigenvalue weighted by Crippen LogP contribution is 2.41. The van der Waals surface area contributed by atoms with Crippen molar-refractivity contribution in [1.82, 2.24) is 10.2 Å². The third kappa shape index (κ3) is 3.69. The van der Waals surface area contributed by atoms with Crippen LogP contribution in [0.2, 0.25) is 0 Å². The van der Waals surface area contributed by atoms with Gasteiger partial charge in [0.25, 0.3) is 0 Å². The lowest BCUT2D eigenvalue weighted by Crippen LogP contribution is -2.65. The van der Waals surface area contributed by atoms with Gasteiger partial charge in [0.2, 0.25) is 5.91 Å². The second-order valence-corrected chi connectivity index (χ2v) is 6.68. The highest BCUT2D eigenvalue weighted by molar-refractivity contribution is 5.86. The summed E-state index contributed by atoms with van der Waals surface area (Å²) in [5.41, 5.74) is 5.27. The zero-order valence-corrected chi connectivity index (χ0v) is 12.6. The monoisotopic (exact) mass is 267 g/mol. The molecule has 4 nitrogen and oxygen atoms in total. The quantitative estimate of drug-likeness (QED) is 0.663. The van der Waals surface area contributed by atoms with Gasteiger partial charge in [-0.3, -0.25) is 10.1 Å². The van der Waals surface area contributed by atoms with Crippen molar-refractivity contribution in [2.24, 2.45) is 17.6 Å². The first-order valence-corrected chi connectivity index (χ1v) is 7.78. The van der Waals surface area contributed by atoms with Gasteiger partial charge < -0.3 is 10.6 Å². The first-order chi connectivity index (χ1) is 8.98. The molecular weight excluding hydrogens is 238 g/mol. The molecule has 0 bridgehead atoms. The van der Waals surface area contributed by atoms with E-state index in [0.29, 0.717) is 5.92 Å². The molecule has 4 heteroatoms. The Bertz CT molecular complexity index is 323. The summed E-state index contributed by atoms with van der Waals surface area (Å²) in [4.78, 5) is 14.5. The molecule has 0 radical (unpaired) electrons. The molecule has 2 rings (SSSR count). The number of amides is 1. The predicted molar refractivity (Wildman–Crippen MR) is 77.8 cm³/mol. The highest BCUT2D eigenvalue weighted by Gasteiger charge is 2.50. The van der Waals surface area contributed by atoms with E-state index < -0.39 is 5.54 Å². The zero-order valence-electron chi connectivity index (χ0n) is 12.6. The molecule has 0 aliphatic heterocycles. The minimum Gasteiger partial charge on any atom is -0.368 e. The van der Waals surface area contributed by atoms with E-state index in [1.807, 2.05) is 0 Å². The van der Waals surface area contributed by atoms with E-state index >= 15 is 0 Å². The molecule has 2 aliphatic carbocycles. The molecule has 110 valence electrons. The Morgan fingerprint density at radius 1 is 1.37 bits per heavy atom. The molecule has 2 aliphatic rings. The van der Waals surface area contributed by atoms with Crippen molar-refractivity contribution in [3.63, 3.8) is 0 Å². The molecule has 1 amide bonds. The second kappa shape index (κ2) is 5.80. The van der Waals surface area contributed by atoms with E-state index in [9.17, 15) is 4.79 Å². The Morgan fingerprint density at radius 3 is 2.37 bits per heavy atom. The summed E-state index contributed by atoms with van der Waals surface area (Å²) >= 11 is 0. The van der Waals surface area contributed by atoms with Crippen LogP contribution in [0.15, 0.2) is 0 Å². The fraction of sp³-hybridized carbons (Fsp3) is 0.933. The molecule has 0 aromatic rings. The summed E-state index contributed by atoms with van der Waals surface area (Å²) in [6.07, 6.45) is 4.95. The molecule has 2 saturated carbocycles. The maximum Gasteiger partial charge on any atom is 0.239 e. The van der Waals surface area contributed by atoms with Gasteiger partial charge in [-0.2, -0.15) is 0 Å². The summed E-state index contributed by atoms with van der Waals surface area (Å²) in [5, 5.41) is 3.50. The molecule has 19 heavy (non-hydrogen) atoms. The second-order valence-electron chi connectivity index (χ2n) is 6.68. The topological polar surface area (TPSA) is 58.4 Å². The summed E-state index contributed by atoms with van der Waals surface area (Å²) in [5.74, 6) is 1.11. The fourth-order valence-electron chi connectivity index (χ4n) is 3.06. The molecular formula is C15H29N3O. The van der Waals surface area contributed by atoms with Crippen LogP contribution < -0.4 is 11.1 Å². The van der Waals surface area contributed by atoms with Crippen LogP contribution in [0.4, 0.5) is 0 Å². The maximum absolute atomic E-state index is 12.1. The molecule has 1 atom stereocenters. The number of likely N-dealkylation sites (N-methyl/N-ethyl adjacent to an activating group) is 1. The minimum absolute atomic E-state index is 0.169. The van der Waals surface area contributed by atoms with Gasteiger partial charge in [0.15, 0.2) is 0 Å². The van der Waals surface area contributed by atoms with E-state index in [1.54, 1.807) is 0 Å². The lowest BCUT2D eigenvalue weighted by atomic mass is 9.90. The van der Waals surface area contributed by atoms with Gasteiger partial charge in [0.1, 0.15) is 5.54 Å². The van der Waals surface area contributed by atoms with E-state index in [-0.39, 0.29) is 11.9 Å². The molecule has 0 saturated heterocycles. The van der Waals surface area contributed by atoms with E-state index in [0.717, 1.165) is 38.4 Å². The lowest BCUT2D eigenvalue weighted by molar-refractivity contribution is -0.126. The molecule has 1 unspecified atom stereocenters. The van der Waals surface area contributed by atoms with Crippen molar-refractivity contribution < 1.29 is 4.79 Å². The predicted octanol–water partition coefficient (Wildman–Crippen LogP) is 1.35. The van der Waals surface area contributed by atoms with Crippen molar-refractivity contribution >= 4 is 5.91 Å².